The van der Waals surface area contributed by atoms with Crippen LogP contribution in [-0.2, 0) is 9.53 Å². The van der Waals surface area contributed by atoms with Crippen LogP contribution in [0.25, 0.3) is 0 Å². The number of allylic oxidation sites excluding steroid dienone is 2. The van der Waals surface area contributed by atoms with Crippen LogP contribution in [-0.4, -0.2) is 36.2 Å². The van der Waals surface area contributed by atoms with Crippen molar-refractivity contribution >= 4 is 5.78 Å². The fraction of sp³-hybridized carbons (Fsp3) is 0.750. The Morgan fingerprint density at radius 2 is 2.19 bits per heavy atom. The third kappa shape index (κ3) is 2.62. The molecule has 1 saturated heterocycles. The maximum absolute atomic E-state index is 11.5. The second-order valence-corrected chi connectivity index (χ2v) is 5.51. The highest BCUT2D eigenvalue weighted by Crippen LogP contribution is 2.32. The minimum absolute atomic E-state index is 0.0125. The molecule has 1 heterocycles. The van der Waals surface area contributed by atoms with Crippen LogP contribution in [0.3, 0.4) is 0 Å². The minimum atomic E-state index is -0.471. The van der Waals surface area contributed by atoms with Gasteiger partial charge < -0.3 is 15.2 Å². The number of hydrogen-bond donors (Lipinski definition) is 2. The van der Waals surface area contributed by atoms with E-state index in [4.69, 9.17) is 4.74 Å². The Labute approximate surface area is 95.7 Å². The summed E-state index contributed by atoms with van der Waals surface area (Å²) >= 11 is 0. The lowest BCUT2D eigenvalue weighted by molar-refractivity contribution is -0.117. The first-order valence-electron chi connectivity index (χ1n) is 5.72. The third-order valence-electron chi connectivity index (χ3n) is 3.08. The molecule has 4 heteroatoms. The zero-order valence-corrected chi connectivity index (χ0v) is 9.82. The van der Waals surface area contributed by atoms with Crippen LogP contribution in [0.5, 0.6) is 0 Å². The van der Waals surface area contributed by atoms with Crippen molar-refractivity contribution in [3.63, 3.8) is 0 Å². The average Bonchev–Trinajstić information content (AvgIpc) is 2.48. The van der Waals surface area contributed by atoms with Gasteiger partial charge in [0, 0.05) is 18.2 Å². The van der Waals surface area contributed by atoms with Crippen LogP contribution in [0.4, 0.5) is 0 Å². The SMILES string of the molecule is CC1(C)CC(=O)C=C(NC2COCC2O)C1. The van der Waals surface area contributed by atoms with Gasteiger partial charge in [0.2, 0.25) is 0 Å². The zero-order valence-electron chi connectivity index (χ0n) is 9.82. The summed E-state index contributed by atoms with van der Waals surface area (Å²) in [5.41, 5.74) is 0.939. The van der Waals surface area contributed by atoms with E-state index in [1.54, 1.807) is 6.08 Å². The Kier molecular flexibility index (Phi) is 3.04. The van der Waals surface area contributed by atoms with Crippen LogP contribution in [0.1, 0.15) is 26.7 Å². The molecule has 1 fully saturated rings. The van der Waals surface area contributed by atoms with Crippen LogP contribution in [0, 0.1) is 5.41 Å². The molecule has 0 spiro atoms. The Morgan fingerprint density at radius 3 is 2.75 bits per heavy atom. The van der Waals surface area contributed by atoms with Gasteiger partial charge in [-0.2, -0.15) is 0 Å². The lowest BCUT2D eigenvalue weighted by Gasteiger charge is -2.31. The van der Waals surface area contributed by atoms with Crippen molar-refractivity contribution < 1.29 is 14.6 Å². The topological polar surface area (TPSA) is 58.6 Å². The number of nitrogens with one attached hydrogen (secondary N) is 1. The number of aliphatic hydroxyl groups is 1. The van der Waals surface area contributed by atoms with Gasteiger partial charge in [0.25, 0.3) is 0 Å². The number of ether oxygens (including phenoxy) is 1. The molecule has 1 aliphatic carbocycles. The van der Waals surface area contributed by atoms with Crippen LogP contribution < -0.4 is 5.32 Å². The molecule has 0 amide bonds. The molecule has 0 radical (unpaired) electrons. The van der Waals surface area contributed by atoms with E-state index in [1.807, 2.05) is 0 Å². The summed E-state index contributed by atoms with van der Waals surface area (Å²) < 4.78 is 5.17. The van der Waals surface area contributed by atoms with Crippen molar-refractivity contribution in [3.8, 4) is 0 Å². The molecule has 90 valence electrons. The van der Waals surface area contributed by atoms with Crippen molar-refractivity contribution in [2.45, 2.75) is 38.8 Å². The lowest BCUT2D eigenvalue weighted by atomic mass is 9.79. The van der Waals surface area contributed by atoms with E-state index in [0.717, 1.165) is 12.1 Å². The molecule has 2 unspecified atom stereocenters. The second kappa shape index (κ2) is 4.18. The molecule has 0 aromatic carbocycles. The standard InChI is InChI=1S/C12H19NO3/c1-12(2)4-8(3-9(14)5-12)13-10-6-16-7-11(10)15/h3,10-11,13,15H,4-7H2,1-2H3. The first-order chi connectivity index (χ1) is 7.46. The van der Waals surface area contributed by atoms with E-state index in [2.05, 4.69) is 19.2 Å². The molecule has 16 heavy (non-hydrogen) atoms. The van der Waals surface area contributed by atoms with Crippen molar-refractivity contribution in [2.75, 3.05) is 13.2 Å². The molecule has 4 nitrogen and oxygen atoms in total. The second-order valence-electron chi connectivity index (χ2n) is 5.51. The van der Waals surface area contributed by atoms with Crippen molar-refractivity contribution in [3.05, 3.63) is 11.8 Å². The van der Waals surface area contributed by atoms with Gasteiger partial charge in [-0.05, 0) is 11.8 Å². The van der Waals surface area contributed by atoms with Gasteiger partial charge in [-0.1, -0.05) is 13.8 Å². The van der Waals surface area contributed by atoms with Gasteiger partial charge in [-0.3, -0.25) is 4.79 Å². The van der Waals surface area contributed by atoms with Crippen LogP contribution in [0.2, 0.25) is 0 Å². The Hall–Kier alpha value is -0.870. The molecule has 2 N–H and O–H groups in total. The smallest absolute Gasteiger partial charge is 0.157 e. The fourth-order valence-electron chi connectivity index (χ4n) is 2.36. The number of carbonyl (C=O) groups is 1. The highest BCUT2D eigenvalue weighted by molar-refractivity contribution is 5.91. The maximum Gasteiger partial charge on any atom is 0.157 e. The summed E-state index contributed by atoms with van der Waals surface area (Å²) in [5, 5.41) is 12.8. The van der Waals surface area contributed by atoms with Gasteiger partial charge in [0.1, 0.15) is 0 Å². The zero-order chi connectivity index (χ0) is 11.8. The highest BCUT2D eigenvalue weighted by Gasteiger charge is 2.31. The Bertz CT molecular complexity index is 322. The molecule has 2 aliphatic rings. The molecule has 0 bridgehead atoms. The summed E-state index contributed by atoms with van der Waals surface area (Å²) in [6, 6.07) is -0.0760. The molecule has 0 aromatic rings. The molecular formula is C12H19NO3. The maximum atomic E-state index is 11.5. The largest absolute Gasteiger partial charge is 0.388 e. The molecular weight excluding hydrogens is 206 g/mol. The first kappa shape index (κ1) is 11.6. The van der Waals surface area contributed by atoms with Crippen LogP contribution >= 0.6 is 0 Å². The monoisotopic (exact) mass is 225 g/mol. The minimum Gasteiger partial charge on any atom is -0.388 e. The molecule has 0 aromatic heterocycles. The number of rotatable bonds is 2. The quantitative estimate of drug-likeness (QED) is 0.723. The van der Waals surface area contributed by atoms with E-state index in [1.165, 1.54) is 0 Å². The van der Waals surface area contributed by atoms with E-state index in [9.17, 15) is 9.90 Å². The number of ketones is 1. The summed E-state index contributed by atoms with van der Waals surface area (Å²) in [4.78, 5) is 11.5. The van der Waals surface area contributed by atoms with E-state index in [-0.39, 0.29) is 17.2 Å². The highest BCUT2D eigenvalue weighted by atomic mass is 16.5. The van der Waals surface area contributed by atoms with E-state index < -0.39 is 6.10 Å². The fourth-order valence-corrected chi connectivity index (χ4v) is 2.36. The van der Waals surface area contributed by atoms with E-state index >= 15 is 0 Å². The van der Waals surface area contributed by atoms with Gasteiger partial charge in [-0.15, -0.1) is 0 Å². The molecule has 1 aliphatic heterocycles. The molecule has 2 atom stereocenters. The van der Waals surface area contributed by atoms with Crippen molar-refractivity contribution in [2.24, 2.45) is 5.41 Å². The average molecular weight is 225 g/mol. The summed E-state index contributed by atoms with van der Waals surface area (Å²) in [7, 11) is 0. The summed E-state index contributed by atoms with van der Waals surface area (Å²) in [5.74, 6) is 0.159. The number of carbonyl (C=O) groups excluding carboxylic acids is 1. The summed E-state index contributed by atoms with van der Waals surface area (Å²) in [6.45, 7) is 5.05. The number of hydrogen-bond acceptors (Lipinski definition) is 4. The van der Waals surface area contributed by atoms with Gasteiger partial charge in [-0.25, -0.2) is 0 Å². The van der Waals surface area contributed by atoms with Crippen molar-refractivity contribution in [1.29, 1.82) is 0 Å². The number of aliphatic hydroxyl groups excluding tert-OH is 1. The van der Waals surface area contributed by atoms with Crippen molar-refractivity contribution in [1.82, 2.24) is 5.32 Å². The predicted molar refractivity (Wildman–Crippen MR) is 59.9 cm³/mol. The van der Waals surface area contributed by atoms with Gasteiger partial charge in [0.05, 0.1) is 25.4 Å². The van der Waals surface area contributed by atoms with Gasteiger partial charge >= 0.3 is 0 Å². The van der Waals surface area contributed by atoms with E-state index in [0.29, 0.717) is 19.6 Å². The normalized spacial score (nSPS) is 33.7. The predicted octanol–water partition coefficient (Wildman–Crippen LogP) is 0.609. The Morgan fingerprint density at radius 1 is 1.44 bits per heavy atom. The molecule has 2 rings (SSSR count). The summed E-state index contributed by atoms with van der Waals surface area (Å²) in [6.07, 6.45) is 2.64. The third-order valence-corrected chi connectivity index (χ3v) is 3.08. The van der Waals surface area contributed by atoms with Crippen LogP contribution in [0.15, 0.2) is 11.8 Å². The first-order valence-corrected chi connectivity index (χ1v) is 5.72. The Balaban J connectivity index is 2.01. The molecule has 0 saturated carbocycles. The van der Waals surface area contributed by atoms with Gasteiger partial charge in [0.15, 0.2) is 5.78 Å². The lowest BCUT2D eigenvalue weighted by Crippen LogP contribution is -2.40.